The lowest BCUT2D eigenvalue weighted by Crippen LogP contribution is -2.32. The van der Waals surface area contributed by atoms with E-state index in [1.807, 2.05) is 0 Å². The maximum absolute atomic E-state index is 12.4. The lowest BCUT2D eigenvalue weighted by atomic mass is 10.2. The molecular weight excluding hydrogens is 248 g/mol. The van der Waals surface area contributed by atoms with Gasteiger partial charge in [0.25, 0.3) is 0 Å². The first-order valence-corrected chi connectivity index (χ1v) is 4.78. The average molecular weight is 257 g/mol. The first-order valence-electron chi connectivity index (χ1n) is 4.40. The van der Waals surface area contributed by atoms with Crippen molar-refractivity contribution in [2.75, 3.05) is 6.61 Å². The Hall–Kier alpha value is -0.810. The van der Waals surface area contributed by atoms with Gasteiger partial charge >= 0.3 is 12.3 Å². The van der Waals surface area contributed by atoms with Gasteiger partial charge in [-0.25, -0.2) is 8.78 Å². The van der Waals surface area contributed by atoms with E-state index >= 15 is 0 Å². The summed E-state index contributed by atoms with van der Waals surface area (Å²) in [5, 5.41) is 0.502. The van der Waals surface area contributed by atoms with Crippen LogP contribution >= 0.6 is 11.6 Å². The third-order valence-electron chi connectivity index (χ3n) is 1.80. The summed E-state index contributed by atoms with van der Waals surface area (Å²) >= 11 is 5.60. The van der Waals surface area contributed by atoms with Crippen LogP contribution in [-0.2, 0) is 11.3 Å². The van der Waals surface area contributed by atoms with Crippen LogP contribution in [-0.4, -0.2) is 19.0 Å². The second kappa shape index (κ2) is 5.50. The van der Waals surface area contributed by atoms with Crippen LogP contribution in [0.5, 0.6) is 0 Å². The van der Waals surface area contributed by atoms with Crippen LogP contribution < -0.4 is 0 Å². The van der Waals surface area contributed by atoms with Crippen LogP contribution in [0.3, 0.4) is 0 Å². The minimum absolute atomic E-state index is 0.153. The van der Waals surface area contributed by atoms with E-state index in [1.54, 1.807) is 24.3 Å². The molecule has 0 fully saturated rings. The molecule has 1 rings (SSSR count). The number of hydrogen-bond acceptors (Lipinski definition) is 1. The van der Waals surface area contributed by atoms with Gasteiger partial charge in [0, 0.05) is 5.02 Å². The highest BCUT2D eigenvalue weighted by molar-refractivity contribution is 6.30. The molecule has 0 bridgehead atoms. The van der Waals surface area contributed by atoms with Crippen molar-refractivity contribution in [3.8, 4) is 0 Å². The fourth-order valence-corrected chi connectivity index (χ4v) is 1.07. The number of rotatable bonds is 5. The second-order valence-corrected chi connectivity index (χ2v) is 3.62. The summed E-state index contributed by atoms with van der Waals surface area (Å²) in [5.74, 6) is -4.10. The summed E-state index contributed by atoms with van der Waals surface area (Å²) < 4.78 is 52.8. The number of ether oxygens (including phenoxy) is 1. The maximum atomic E-state index is 12.4. The molecule has 0 aromatic heterocycles. The van der Waals surface area contributed by atoms with E-state index in [-0.39, 0.29) is 6.61 Å². The summed E-state index contributed by atoms with van der Waals surface area (Å²) in [6.07, 6.45) is -3.71. The highest BCUT2D eigenvalue weighted by Gasteiger charge is 2.40. The van der Waals surface area contributed by atoms with Crippen molar-refractivity contribution in [2.45, 2.75) is 19.0 Å². The molecular formula is C10H9ClF4O. The molecule has 1 aromatic carbocycles. The molecule has 0 aliphatic heterocycles. The molecule has 16 heavy (non-hydrogen) atoms. The first kappa shape index (κ1) is 13.3. The van der Waals surface area contributed by atoms with Crippen LogP contribution in [0.4, 0.5) is 17.6 Å². The average Bonchev–Trinajstić information content (AvgIpc) is 2.20. The van der Waals surface area contributed by atoms with Gasteiger partial charge in [0.1, 0.15) is 6.61 Å². The van der Waals surface area contributed by atoms with Gasteiger partial charge in [0.2, 0.25) is 0 Å². The van der Waals surface area contributed by atoms with E-state index in [9.17, 15) is 17.6 Å². The molecule has 0 amide bonds. The van der Waals surface area contributed by atoms with Crippen molar-refractivity contribution < 1.29 is 22.3 Å². The van der Waals surface area contributed by atoms with Crippen molar-refractivity contribution in [1.29, 1.82) is 0 Å². The van der Waals surface area contributed by atoms with Gasteiger partial charge in [0.05, 0.1) is 6.61 Å². The van der Waals surface area contributed by atoms with Gasteiger partial charge in [-0.05, 0) is 17.7 Å². The molecule has 1 nitrogen and oxygen atoms in total. The van der Waals surface area contributed by atoms with Crippen LogP contribution in [0.25, 0.3) is 0 Å². The predicted molar refractivity (Wildman–Crippen MR) is 52.1 cm³/mol. The van der Waals surface area contributed by atoms with Crippen molar-refractivity contribution in [1.82, 2.24) is 0 Å². The Bertz CT molecular complexity index is 326. The van der Waals surface area contributed by atoms with Gasteiger partial charge in [-0.1, -0.05) is 23.7 Å². The highest BCUT2D eigenvalue weighted by atomic mass is 35.5. The molecule has 0 saturated heterocycles. The van der Waals surface area contributed by atoms with E-state index in [0.29, 0.717) is 10.6 Å². The number of alkyl halides is 4. The van der Waals surface area contributed by atoms with Crippen molar-refractivity contribution in [3.05, 3.63) is 34.9 Å². The molecule has 0 atom stereocenters. The van der Waals surface area contributed by atoms with E-state index in [4.69, 9.17) is 11.6 Å². The zero-order chi connectivity index (χ0) is 12.2. The Morgan fingerprint density at radius 1 is 1.19 bits per heavy atom. The van der Waals surface area contributed by atoms with Crippen LogP contribution in [0.2, 0.25) is 5.02 Å². The largest absolute Gasteiger partial charge is 0.370 e. The Balaban J connectivity index is 2.39. The van der Waals surface area contributed by atoms with Gasteiger partial charge < -0.3 is 4.74 Å². The summed E-state index contributed by atoms with van der Waals surface area (Å²) in [7, 11) is 0. The molecule has 0 unspecified atom stereocenters. The van der Waals surface area contributed by atoms with Crippen molar-refractivity contribution in [3.63, 3.8) is 0 Å². The molecule has 0 radical (unpaired) electrons. The minimum Gasteiger partial charge on any atom is -0.370 e. The molecule has 6 heteroatoms. The molecule has 0 saturated carbocycles. The standard InChI is InChI=1S/C10H9ClF4O/c11-8-3-1-7(2-4-8)5-16-6-10(14,15)9(12)13/h1-4,9H,5-6H2. The molecule has 1 aromatic rings. The summed E-state index contributed by atoms with van der Waals surface area (Å²) in [5.41, 5.74) is 0.592. The Labute approximate surface area is 95.0 Å². The lowest BCUT2D eigenvalue weighted by molar-refractivity contribution is -0.168. The third-order valence-corrected chi connectivity index (χ3v) is 2.05. The highest BCUT2D eigenvalue weighted by Crippen LogP contribution is 2.23. The monoisotopic (exact) mass is 256 g/mol. The first-order chi connectivity index (χ1) is 7.42. The number of hydrogen-bond donors (Lipinski definition) is 0. The normalized spacial score (nSPS) is 12.1. The van der Waals surface area contributed by atoms with Crippen LogP contribution in [0, 0.1) is 0 Å². The Morgan fingerprint density at radius 3 is 2.25 bits per heavy atom. The lowest BCUT2D eigenvalue weighted by Gasteiger charge is -2.15. The maximum Gasteiger partial charge on any atom is 0.330 e. The zero-order valence-corrected chi connectivity index (χ0v) is 8.85. The van der Waals surface area contributed by atoms with Gasteiger partial charge in [-0.3, -0.25) is 0 Å². The molecule has 0 aliphatic rings. The van der Waals surface area contributed by atoms with Gasteiger partial charge in [-0.15, -0.1) is 0 Å². The van der Waals surface area contributed by atoms with E-state index < -0.39 is 19.0 Å². The van der Waals surface area contributed by atoms with Crippen molar-refractivity contribution in [2.24, 2.45) is 0 Å². The molecule has 0 aliphatic carbocycles. The smallest absolute Gasteiger partial charge is 0.330 e. The number of benzene rings is 1. The minimum atomic E-state index is -4.10. The SMILES string of the molecule is FC(F)C(F)(F)COCc1ccc(Cl)cc1. The van der Waals surface area contributed by atoms with Crippen LogP contribution in [0.15, 0.2) is 24.3 Å². The number of halogens is 5. The van der Waals surface area contributed by atoms with E-state index in [2.05, 4.69) is 4.74 Å². The summed E-state index contributed by atoms with van der Waals surface area (Å²) in [6.45, 7) is -1.45. The van der Waals surface area contributed by atoms with Gasteiger partial charge in [0.15, 0.2) is 0 Å². The Morgan fingerprint density at radius 2 is 1.75 bits per heavy atom. The fourth-order valence-electron chi connectivity index (χ4n) is 0.949. The molecule has 0 N–H and O–H groups in total. The molecule has 0 spiro atoms. The summed E-state index contributed by atoms with van der Waals surface area (Å²) in [6, 6.07) is 6.27. The van der Waals surface area contributed by atoms with Crippen molar-refractivity contribution >= 4 is 11.6 Å². The molecule has 0 heterocycles. The van der Waals surface area contributed by atoms with Gasteiger partial charge in [-0.2, -0.15) is 8.78 Å². The fraction of sp³-hybridized carbons (Fsp3) is 0.400. The topological polar surface area (TPSA) is 9.23 Å². The predicted octanol–water partition coefficient (Wildman–Crippen LogP) is 3.76. The third kappa shape index (κ3) is 3.98. The quantitative estimate of drug-likeness (QED) is 0.729. The zero-order valence-electron chi connectivity index (χ0n) is 8.10. The Kier molecular flexibility index (Phi) is 4.56. The second-order valence-electron chi connectivity index (χ2n) is 3.18. The summed E-state index contributed by atoms with van der Waals surface area (Å²) in [4.78, 5) is 0. The van der Waals surface area contributed by atoms with E-state index in [1.165, 1.54) is 0 Å². The van der Waals surface area contributed by atoms with Crippen LogP contribution in [0.1, 0.15) is 5.56 Å². The van der Waals surface area contributed by atoms with E-state index in [0.717, 1.165) is 0 Å². The molecule has 90 valence electrons.